The molecule has 23 heavy (non-hydrogen) atoms. The zero-order chi connectivity index (χ0) is 16.6. The third-order valence-corrected chi connectivity index (χ3v) is 4.66. The number of pyridine rings is 1. The van der Waals surface area contributed by atoms with Crippen molar-refractivity contribution in [3.63, 3.8) is 0 Å². The quantitative estimate of drug-likeness (QED) is 0.641. The predicted molar refractivity (Wildman–Crippen MR) is 101 cm³/mol. The largest absolute Gasteiger partial charge is 0.322 e. The Morgan fingerprint density at radius 3 is 2.74 bits per heavy atom. The van der Waals surface area contributed by atoms with E-state index in [0.29, 0.717) is 5.56 Å². The third kappa shape index (κ3) is 3.10. The summed E-state index contributed by atoms with van der Waals surface area (Å²) < 4.78 is 3.13. The lowest BCUT2D eigenvalue weighted by atomic mass is 10.2. The number of halogens is 1. The average molecular weight is 419 g/mol. The van der Waals surface area contributed by atoms with Gasteiger partial charge in [-0.25, -0.2) is 4.98 Å². The van der Waals surface area contributed by atoms with Gasteiger partial charge in [0.15, 0.2) is 0 Å². The van der Waals surface area contributed by atoms with Gasteiger partial charge in [0, 0.05) is 21.1 Å². The maximum Gasteiger partial charge on any atom is 0.257 e. The predicted octanol–water partition coefficient (Wildman–Crippen LogP) is 4.37. The summed E-state index contributed by atoms with van der Waals surface area (Å²) >= 11 is 2.26. The maximum atomic E-state index is 12.5. The van der Waals surface area contributed by atoms with Crippen molar-refractivity contribution in [3.8, 4) is 0 Å². The Balaban J connectivity index is 1.93. The zero-order valence-electron chi connectivity index (χ0n) is 13.4. The monoisotopic (exact) mass is 419 g/mol. The van der Waals surface area contributed by atoms with Crippen molar-refractivity contribution >= 4 is 39.8 Å². The van der Waals surface area contributed by atoms with E-state index in [1.807, 2.05) is 54.8 Å². The van der Waals surface area contributed by atoms with E-state index in [1.54, 1.807) is 0 Å². The maximum absolute atomic E-state index is 12.5. The summed E-state index contributed by atoms with van der Waals surface area (Å²) in [5, 5.41) is 2.98. The van der Waals surface area contributed by atoms with E-state index in [4.69, 9.17) is 0 Å². The summed E-state index contributed by atoms with van der Waals surface area (Å²) in [6.07, 6.45) is 2.74. The molecule has 118 valence electrons. The Morgan fingerprint density at radius 1 is 1.26 bits per heavy atom. The Morgan fingerprint density at radius 2 is 2.04 bits per heavy atom. The number of aryl methyl sites for hydroxylation is 3. The number of imidazole rings is 1. The third-order valence-electron chi connectivity index (χ3n) is 3.99. The van der Waals surface area contributed by atoms with Crippen LogP contribution in [0.5, 0.6) is 0 Å². The van der Waals surface area contributed by atoms with E-state index < -0.39 is 0 Å². The second-order valence-corrected chi connectivity index (χ2v) is 6.80. The fraction of sp³-hybridized carbons (Fsp3) is 0.222. The molecule has 0 spiro atoms. The lowest BCUT2D eigenvalue weighted by Crippen LogP contribution is -2.13. The van der Waals surface area contributed by atoms with Gasteiger partial charge in [-0.2, -0.15) is 0 Å². The van der Waals surface area contributed by atoms with Gasteiger partial charge in [-0.1, -0.05) is 6.92 Å². The molecule has 3 rings (SSSR count). The summed E-state index contributed by atoms with van der Waals surface area (Å²) in [7, 11) is 0. The fourth-order valence-electron chi connectivity index (χ4n) is 2.64. The van der Waals surface area contributed by atoms with E-state index in [2.05, 4.69) is 39.8 Å². The van der Waals surface area contributed by atoms with E-state index >= 15 is 0 Å². The Hall–Kier alpha value is -1.89. The van der Waals surface area contributed by atoms with Gasteiger partial charge >= 0.3 is 0 Å². The molecule has 0 radical (unpaired) electrons. The minimum Gasteiger partial charge on any atom is -0.322 e. The molecule has 4 nitrogen and oxygen atoms in total. The summed E-state index contributed by atoms with van der Waals surface area (Å²) in [6.45, 7) is 6.11. The van der Waals surface area contributed by atoms with Crippen LogP contribution in [0.4, 0.5) is 5.69 Å². The highest BCUT2D eigenvalue weighted by molar-refractivity contribution is 14.1. The van der Waals surface area contributed by atoms with E-state index in [9.17, 15) is 4.79 Å². The van der Waals surface area contributed by atoms with Crippen LogP contribution in [0, 0.1) is 17.4 Å². The number of hydrogen-bond acceptors (Lipinski definition) is 2. The molecule has 0 aliphatic heterocycles. The van der Waals surface area contributed by atoms with E-state index in [1.165, 1.54) is 0 Å². The molecule has 0 unspecified atom stereocenters. The zero-order valence-corrected chi connectivity index (χ0v) is 15.5. The smallest absolute Gasteiger partial charge is 0.257 e. The van der Waals surface area contributed by atoms with Crippen LogP contribution >= 0.6 is 22.6 Å². The van der Waals surface area contributed by atoms with Crippen molar-refractivity contribution in [2.45, 2.75) is 27.2 Å². The summed E-state index contributed by atoms with van der Waals surface area (Å²) in [4.78, 5) is 17.1. The Bertz CT molecular complexity index is 899. The Labute approximate surface area is 149 Å². The number of carbonyl (C=O) groups excluding carboxylic acids is 1. The van der Waals surface area contributed by atoms with E-state index in [0.717, 1.165) is 38.3 Å². The first-order valence-corrected chi connectivity index (χ1v) is 8.62. The summed E-state index contributed by atoms with van der Waals surface area (Å²) in [5.74, 6) is -0.109. The standard InChI is InChI=1S/C18H18IN3O/c1-4-15-12(3)22-10-13(5-8-17(22)20-15)18(23)21-16-7-6-14(19)9-11(16)2/h5-10H,4H2,1-3H3,(H,21,23). The average Bonchev–Trinajstić information content (AvgIpc) is 2.86. The fourth-order valence-corrected chi connectivity index (χ4v) is 3.29. The van der Waals surface area contributed by atoms with Gasteiger partial charge in [0.05, 0.1) is 11.3 Å². The normalized spacial score (nSPS) is 11.0. The highest BCUT2D eigenvalue weighted by Gasteiger charge is 2.12. The highest BCUT2D eigenvalue weighted by Crippen LogP contribution is 2.19. The molecule has 3 aromatic rings. The van der Waals surface area contributed by atoms with Crippen LogP contribution in [0.15, 0.2) is 36.5 Å². The first kappa shape index (κ1) is 16.0. The van der Waals surface area contributed by atoms with Crippen LogP contribution in [0.2, 0.25) is 0 Å². The number of nitrogens with one attached hydrogen (secondary N) is 1. The summed E-state index contributed by atoms with van der Waals surface area (Å²) in [6, 6.07) is 9.68. The van der Waals surface area contributed by atoms with Gasteiger partial charge in [-0.05, 0) is 78.8 Å². The second kappa shape index (κ2) is 6.31. The molecule has 0 fully saturated rings. The minimum atomic E-state index is -0.109. The number of hydrogen-bond donors (Lipinski definition) is 1. The molecular weight excluding hydrogens is 401 g/mol. The number of nitrogens with zero attached hydrogens (tertiary/aromatic N) is 2. The lowest BCUT2D eigenvalue weighted by molar-refractivity contribution is 0.102. The van der Waals surface area contributed by atoms with Gasteiger partial charge in [0.2, 0.25) is 0 Å². The van der Waals surface area contributed by atoms with Gasteiger partial charge in [-0.3, -0.25) is 4.79 Å². The molecule has 5 heteroatoms. The van der Waals surface area contributed by atoms with Gasteiger partial charge in [0.25, 0.3) is 5.91 Å². The number of amides is 1. The van der Waals surface area contributed by atoms with Gasteiger partial charge in [0.1, 0.15) is 5.65 Å². The number of fused-ring (bicyclic) bond motifs is 1. The lowest BCUT2D eigenvalue weighted by Gasteiger charge is -2.09. The number of rotatable bonds is 3. The van der Waals surface area contributed by atoms with Crippen molar-refractivity contribution in [2.75, 3.05) is 5.32 Å². The second-order valence-electron chi connectivity index (χ2n) is 5.56. The first-order valence-electron chi connectivity index (χ1n) is 7.54. The van der Waals surface area contributed by atoms with Crippen LogP contribution in [0.1, 0.15) is 34.2 Å². The molecule has 0 aliphatic rings. The molecule has 0 saturated carbocycles. The summed E-state index contributed by atoms with van der Waals surface area (Å²) in [5.41, 5.74) is 5.55. The van der Waals surface area contributed by atoms with Crippen LogP contribution in [-0.4, -0.2) is 15.3 Å². The van der Waals surface area contributed by atoms with Crippen LogP contribution < -0.4 is 5.32 Å². The van der Waals surface area contributed by atoms with Crippen LogP contribution in [0.3, 0.4) is 0 Å². The van der Waals surface area contributed by atoms with Crippen molar-refractivity contribution in [2.24, 2.45) is 0 Å². The Kier molecular flexibility index (Phi) is 4.39. The van der Waals surface area contributed by atoms with Crippen LogP contribution in [-0.2, 0) is 6.42 Å². The molecule has 0 saturated heterocycles. The number of benzene rings is 1. The van der Waals surface area contributed by atoms with Crippen molar-refractivity contribution in [1.82, 2.24) is 9.38 Å². The SMILES string of the molecule is CCc1nc2ccc(C(=O)Nc3ccc(I)cc3C)cn2c1C. The molecule has 2 heterocycles. The van der Waals surface area contributed by atoms with Gasteiger partial charge < -0.3 is 9.72 Å². The topological polar surface area (TPSA) is 46.4 Å². The van der Waals surface area contributed by atoms with Crippen LogP contribution in [0.25, 0.3) is 5.65 Å². The number of aromatic nitrogens is 2. The van der Waals surface area contributed by atoms with Crippen molar-refractivity contribution in [3.05, 3.63) is 62.6 Å². The number of carbonyl (C=O) groups is 1. The molecule has 1 amide bonds. The molecule has 0 aliphatic carbocycles. The first-order chi connectivity index (χ1) is 11.0. The minimum absolute atomic E-state index is 0.109. The molecule has 1 aromatic carbocycles. The molecule has 1 N–H and O–H groups in total. The molecule has 0 atom stereocenters. The molecule has 2 aromatic heterocycles. The molecule has 0 bridgehead atoms. The van der Waals surface area contributed by atoms with Gasteiger partial charge in [-0.15, -0.1) is 0 Å². The van der Waals surface area contributed by atoms with E-state index in [-0.39, 0.29) is 5.91 Å². The highest BCUT2D eigenvalue weighted by atomic mass is 127. The molecular formula is C18H18IN3O. The van der Waals surface area contributed by atoms with Crippen molar-refractivity contribution in [1.29, 1.82) is 0 Å². The van der Waals surface area contributed by atoms with Crippen molar-refractivity contribution < 1.29 is 4.79 Å². The number of anilines is 1.